The predicted octanol–water partition coefficient (Wildman–Crippen LogP) is 4.39. The maximum absolute atomic E-state index is 6.22. The minimum absolute atomic E-state index is 0. The normalized spacial score (nSPS) is 12.1. The summed E-state index contributed by atoms with van der Waals surface area (Å²) in [5.41, 5.74) is 8.77. The summed E-state index contributed by atoms with van der Waals surface area (Å²) in [4.78, 5) is 2.35. The van der Waals surface area contributed by atoms with Crippen LogP contribution in [0.15, 0.2) is 24.3 Å². The Balaban J connectivity index is 0.00000324. The van der Waals surface area contributed by atoms with Gasteiger partial charge in [0.1, 0.15) is 0 Å². The van der Waals surface area contributed by atoms with Crippen LogP contribution >= 0.6 is 12.4 Å². The summed E-state index contributed by atoms with van der Waals surface area (Å²) < 4.78 is 0. The first-order chi connectivity index (χ1) is 8.58. The third-order valence-corrected chi connectivity index (χ3v) is 3.50. The van der Waals surface area contributed by atoms with Gasteiger partial charge in [-0.05, 0) is 50.3 Å². The molecule has 2 nitrogen and oxygen atoms in total. The van der Waals surface area contributed by atoms with E-state index < -0.39 is 0 Å². The molecule has 1 aromatic carbocycles. The molecule has 0 radical (unpaired) electrons. The third kappa shape index (κ3) is 5.84. The summed E-state index contributed by atoms with van der Waals surface area (Å²) in [6, 6.07) is 8.92. The summed E-state index contributed by atoms with van der Waals surface area (Å²) >= 11 is 0. The van der Waals surface area contributed by atoms with E-state index >= 15 is 0 Å². The van der Waals surface area contributed by atoms with Gasteiger partial charge in [-0.15, -0.1) is 12.4 Å². The summed E-state index contributed by atoms with van der Waals surface area (Å²) in [5.74, 6) is 0.728. The van der Waals surface area contributed by atoms with E-state index in [4.69, 9.17) is 5.73 Å². The van der Waals surface area contributed by atoms with E-state index in [1.165, 1.54) is 17.7 Å². The zero-order valence-corrected chi connectivity index (χ0v) is 13.5. The predicted molar refractivity (Wildman–Crippen MR) is 88.3 cm³/mol. The smallest absolute Gasteiger partial charge is 0.0366 e. The van der Waals surface area contributed by atoms with E-state index in [0.717, 1.165) is 25.4 Å². The van der Waals surface area contributed by atoms with Gasteiger partial charge in [-0.25, -0.2) is 0 Å². The maximum atomic E-state index is 6.22. The minimum atomic E-state index is 0. The van der Waals surface area contributed by atoms with Crippen LogP contribution in [-0.2, 0) is 0 Å². The molecule has 0 unspecified atom stereocenters. The van der Waals surface area contributed by atoms with Crippen molar-refractivity contribution in [2.24, 2.45) is 11.7 Å². The molecule has 2 N–H and O–H groups in total. The zero-order valence-electron chi connectivity index (χ0n) is 12.7. The summed E-state index contributed by atoms with van der Waals surface area (Å²) in [7, 11) is 0. The Morgan fingerprint density at radius 1 is 1.00 bits per heavy atom. The van der Waals surface area contributed by atoms with E-state index in [9.17, 15) is 0 Å². The Labute approximate surface area is 124 Å². The summed E-state index contributed by atoms with van der Waals surface area (Å²) in [6.07, 6.45) is 2.27. The van der Waals surface area contributed by atoms with Gasteiger partial charge in [0.25, 0.3) is 0 Å². The molecule has 0 heterocycles. The lowest BCUT2D eigenvalue weighted by Crippen LogP contribution is -2.21. The van der Waals surface area contributed by atoms with Crippen LogP contribution in [0.4, 0.5) is 5.69 Å². The molecule has 1 rings (SSSR count). The van der Waals surface area contributed by atoms with E-state index in [1.807, 2.05) is 0 Å². The number of benzene rings is 1. The highest BCUT2D eigenvalue weighted by atomic mass is 35.5. The molecule has 0 aromatic heterocycles. The molecule has 1 atom stereocenters. The van der Waals surface area contributed by atoms with Crippen molar-refractivity contribution in [3.05, 3.63) is 29.8 Å². The lowest BCUT2D eigenvalue weighted by Gasteiger charge is -2.22. The highest BCUT2D eigenvalue weighted by Crippen LogP contribution is 2.22. The van der Waals surface area contributed by atoms with Gasteiger partial charge in [-0.3, -0.25) is 0 Å². The lowest BCUT2D eigenvalue weighted by atomic mass is 9.98. The summed E-state index contributed by atoms with van der Waals surface area (Å²) in [6.45, 7) is 11.0. The van der Waals surface area contributed by atoms with Crippen LogP contribution in [-0.4, -0.2) is 13.1 Å². The fourth-order valence-corrected chi connectivity index (χ4v) is 2.20. The van der Waals surface area contributed by atoms with Crippen molar-refractivity contribution in [2.75, 3.05) is 18.0 Å². The van der Waals surface area contributed by atoms with Gasteiger partial charge in [0, 0.05) is 24.8 Å². The van der Waals surface area contributed by atoms with Gasteiger partial charge in [0.15, 0.2) is 0 Å². The fourth-order valence-electron chi connectivity index (χ4n) is 2.20. The number of hydrogen-bond acceptors (Lipinski definition) is 2. The first kappa shape index (κ1) is 18.3. The molecular weight excluding hydrogens is 256 g/mol. The van der Waals surface area contributed by atoms with Crippen LogP contribution in [0.3, 0.4) is 0 Å². The molecule has 0 aliphatic carbocycles. The highest BCUT2D eigenvalue weighted by molar-refractivity contribution is 5.85. The second kappa shape index (κ2) is 9.22. The topological polar surface area (TPSA) is 29.3 Å². The summed E-state index contributed by atoms with van der Waals surface area (Å²) in [5, 5.41) is 0. The van der Waals surface area contributed by atoms with Gasteiger partial charge in [0.05, 0.1) is 0 Å². The molecule has 0 bridgehead atoms. The van der Waals surface area contributed by atoms with Crippen molar-refractivity contribution >= 4 is 18.1 Å². The first-order valence-electron chi connectivity index (χ1n) is 7.18. The van der Waals surface area contributed by atoms with Gasteiger partial charge >= 0.3 is 0 Å². The van der Waals surface area contributed by atoms with Crippen molar-refractivity contribution in [3.63, 3.8) is 0 Å². The van der Waals surface area contributed by atoms with Gasteiger partial charge in [-0.1, -0.05) is 26.0 Å². The molecule has 3 heteroatoms. The Bertz CT molecular complexity index is 331. The molecule has 1 aromatic rings. The molecule has 19 heavy (non-hydrogen) atoms. The van der Waals surface area contributed by atoms with E-state index in [0.29, 0.717) is 0 Å². The van der Waals surface area contributed by atoms with Crippen LogP contribution in [0.1, 0.15) is 52.1 Å². The second-order valence-electron chi connectivity index (χ2n) is 5.34. The van der Waals surface area contributed by atoms with Crippen LogP contribution in [0.25, 0.3) is 0 Å². The lowest BCUT2D eigenvalue weighted by molar-refractivity contribution is 0.507. The molecular formula is C16H29ClN2. The van der Waals surface area contributed by atoms with Crippen molar-refractivity contribution in [1.29, 1.82) is 0 Å². The van der Waals surface area contributed by atoms with Crippen molar-refractivity contribution in [1.82, 2.24) is 0 Å². The number of hydrogen-bond donors (Lipinski definition) is 1. The van der Waals surface area contributed by atoms with Crippen molar-refractivity contribution < 1.29 is 0 Å². The quantitative estimate of drug-likeness (QED) is 0.804. The molecule has 0 aliphatic rings. The Kier molecular flexibility index (Phi) is 8.86. The van der Waals surface area contributed by atoms with Crippen molar-refractivity contribution in [2.45, 2.75) is 46.6 Å². The van der Waals surface area contributed by atoms with Gasteiger partial charge < -0.3 is 10.6 Å². The van der Waals surface area contributed by atoms with Crippen molar-refractivity contribution in [3.8, 4) is 0 Å². The first-order valence-corrected chi connectivity index (χ1v) is 7.18. The molecule has 0 fully saturated rings. The number of anilines is 1. The van der Waals surface area contributed by atoms with E-state index in [1.54, 1.807) is 0 Å². The van der Waals surface area contributed by atoms with Gasteiger partial charge in [0.2, 0.25) is 0 Å². The standard InChI is InChI=1S/C16H28N2.ClH/c1-5-18(6-2)15-10-8-14(9-11-15)16(17)12-7-13(3)4;/h8-11,13,16H,5-7,12,17H2,1-4H3;1H/t16-;/m1./s1. The van der Waals surface area contributed by atoms with E-state index in [-0.39, 0.29) is 18.4 Å². The van der Waals surface area contributed by atoms with Crippen LogP contribution in [0, 0.1) is 5.92 Å². The number of rotatable bonds is 7. The van der Waals surface area contributed by atoms with Gasteiger partial charge in [-0.2, -0.15) is 0 Å². The molecule has 0 amide bonds. The molecule has 0 saturated heterocycles. The number of nitrogens with two attached hydrogens (primary N) is 1. The van der Waals surface area contributed by atoms with E-state index in [2.05, 4.69) is 56.9 Å². The van der Waals surface area contributed by atoms with Crippen LogP contribution in [0.5, 0.6) is 0 Å². The minimum Gasteiger partial charge on any atom is -0.372 e. The van der Waals surface area contributed by atoms with Crippen LogP contribution in [0.2, 0.25) is 0 Å². The fraction of sp³-hybridized carbons (Fsp3) is 0.625. The van der Waals surface area contributed by atoms with Crippen LogP contribution < -0.4 is 10.6 Å². The second-order valence-corrected chi connectivity index (χ2v) is 5.34. The Hall–Kier alpha value is -0.730. The third-order valence-electron chi connectivity index (χ3n) is 3.50. The largest absolute Gasteiger partial charge is 0.372 e. The molecule has 0 saturated carbocycles. The maximum Gasteiger partial charge on any atom is 0.0366 e. The highest BCUT2D eigenvalue weighted by Gasteiger charge is 2.08. The Morgan fingerprint density at radius 2 is 1.53 bits per heavy atom. The molecule has 110 valence electrons. The number of nitrogens with zero attached hydrogens (tertiary/aromatic N) is 1. The zero-order chi connectivity index (χ0) is 13.5. The average molecular weight is 285 g/mol. The molecule has 0 spiro atoms. The monoisotopic (exact) mass is 284 g/mol. The average Bonchev–Trinajstić information content (AvgIpc) is 2.38. The Morgan fingerprint density at radius 3 is 1.95 bits per heavy atom. The molecule has 0 aliphatic heterocycles. The SMILES string of the molecule is CCN(CC)c1ccc([C@H](N)CCC(C)C)cc1.Cl. The number of halogens is 1.